The monoisotopic (exact) mass is 243 g/mol. The van der Waals surface area contributed by atoms with Gasteiger partial charge in [0, 0.05) is 4.47 Å². The van der Waals surface area contributed by atoms with E-state index in [0.29, 0.717) is 10.0 Å². The molecule has 0 atom stereocenters. The van der Waals surface area contributed by atoms with Crippen molar-refractivity contribution in [3.63, 3.8) is 0 Å². The zero-order chi connectivity index (χ0) is 9.84. The minimum atomic E-state index is -1.31. The molecule has 1 aromatic rings. The van der Waals surface area contributed by atoms with Crippen molar-refractivity contribution in [1.29, 1.82) is 0 Å². The molecule has 0 saturated heterocycles. The van der Waals surface area contributed by atoms with Gasteiger partial charge < -0.3 is 9.90 Å². The first-order valence-electron chi connectivity index (χ1n) is 3.43. The highest BCUT2D eigenvalue weighted by Gasteiger charge is 1.97. The third kappa shape index (κ3) is 2.99. The maximum absolute atomic E-state index is 12.7. The molecule has 13 heavy (non-hydrogen) atoms. The summed E-state index contributed by atoms with van der Waals surface area (Å²) >= 11 is 3.15. The van der Waals surface area contributed by atoms with E-state index in [2.05, 4.69) is 15.9 Å². The van der Waals surface area contributed by atoms with Crippen LogP contribution >= 0.6 is 15.9 Å². The van der Waals surface area contributed by atoms with Crippen LogP contribution in [0.2, 0.25) is 0 Å². The number of carbonyl (C=O) groups excluding carboxylic acids is 1. The minimum absolute atomic E-state index is 0.416. The Bertz CT molecular complexity index is 361. The first kappa shape index (κ1) is 9.92. The van der Waals surface area contributed by atoms with Gasteiger partial charge in [0.05, 0.1) is 5.97 Å². The molecule has 0 unspecified atom stereocenters. The molecule has 0 saturated carbocycles. The Morgan fingerprint density at radius 3 is 2.85 bits per heavy atom. The zero-order valence-electron chi connectivity index (χ0n) is 6.46. The molecule has 0 N–H and O–H groups in total. The maximum atomic E-state index is 12.7. The molecule has 0 fully saturated rings. The second-order valence-electron chi connectivity index (χ2n) is 2.32. The van der Waals surface area contributed by atoms with Crippen LogP contribution in [0, 0.1) is 5.82 Å². The second kappa shape index (κ2) is 4.18. The molecule has 0 amide bonds. The van der Waals surface area contributed by atoms with Crippen molar-refractivity contribution in [2.24, 2.45) is 0 Å². The Morgan fingerprint density at radius 1 is 1.54 bits per heavy atom. The second-order valence-corrected chi connectivity index (χ2v) is 3.17. The highest BCUT2D eigenvalue weighted by Crippen LogP contribution is 2.18. The molecule has 0 aliphatic heterocycles. The van der Waals surface area contributed by atoms with Gasteiger partial charge in [-0.2, -0.15) is 0 Å². The van der Waals surface area contributed by atoms with Crippen LogP contribution in [0.3, 0.4) is 0 Å². The number of benzene rings is 1. The molecular weight excluding hydrogens is 239 g/mol. The van der Waals surface area contributed by atoms with Gasteiger partial charge in [-0.05, 0) is 29.8 Å². The molecule has 1 rings (SSSR count). The van der Waals surface area contributed by atoms with Gasteiger partial charge in [0.1, 0.15) is 5.82 Å². The molecule has 0 heterocycles. The largest absolute Gasteiger partial charge is 0.545 e. The first-order valence-corrected chi connectivity index (χ1v) is 4.23. The smallest absolute Gasteiger partial charge is 0.123 e. The van der Waals surface area contributed by atoms with Crippen molar-refractivity contribution < 1.29 is 14.3 Å². The van der Waals surface area contributed by atoms with Crippen LogP contribution in [0.4, 0.5) is 4.39 Å². The lowest BCUT2D eigenvalue weighted by molar-refractivity contribution is -0.297. The molecular formula is C9H5BrFO2-. The Balaban J connectivity index is 3.00. The van der Waals surface area contributed by atoms with Gasteiger partial charge in [0.25, 0.3) is 0 Å². The van der Waals surface area contributed by atoms with Crippen molar-refractivity contribution in [2.45, 2.75) is 0 Å². The number of aliphatic carboxylic acids is 1. The Labute approximate surface area is 82.8 Å². The SMILES string of the molecule is O=C([O-])/C=C/c1cc(F)ccc1Br. The summed E-state index contributed by atoms with van der Waals surface area (Å²) in [7, 11) is 0. The highest BCUT2D eigenvalue weighted by molar-refractivity contribution is 9.10. The first-order chi connectivity index (χ1) is 6.09. The lowest BCUT2D eigenvalue weighted by Gasteiger charge is -1.98. The predicted molar refractivity (Wildman–Crippen MR) is 48.1 cm³/mol. The fourth-order valence-electron chi connectivity index (χ4n) is 0.800. The molecule has 0 radical (unpaired) electrons. The third-order valence-electron chi connectivity index (χ3n) is 1.36. The number of halogens is 2. The topological polar surface area (TPSA) is 40.1 Å². The fourth-order valence-corrected chi connectivity index (χ4v) is 1.18. The van der Waals surface area contributed by atoms with E-state index in [0.717, 1.165) is 6.08 Å². The Hall–Kier alpha value is -1.16. The van der Waals surface area contributed by atoms with E-state index in [1.54, 1.807) is 0 Å². The lowest BCUT2D eigenvalue weighted by Crippen LogP contribution is -2.18. The van der Waals surface area contributed by atoms with E-state index >= 15 is 0 Å². The summed E-state index contributed by atoms with van der Waals surface area (Å²) in [5, 5.41) is 10.1. The van der Waals surface area contributed by atoms with Crippen molar-refractivity contribution in [3.05, 3.63) is 40.1 Å². The van der Waals surface area contributed by atoms with Crippen LogP contribution in [0.25, 0.3) is 6.08 Å². The van der Waals surface area contributed by atoms with Crippen LogP contribution in [0.1, 0.15) is 5.56 Å². The van der Waals surface area contributed by atoms with Crippen molar-refractivity contribution in [3.8, 4) is 0 Å². The summed E-state index contributed by atoms with van der Waals surface area (Å²) in [4.78, 5) is 10.1. The average molecular weight is 244 g/mol. The van der Waals surface area contributed by atoms with Gasteiger partial charge in [-0.25, -0.2) is 4.39 Å². The van der Waals surface area contributed by atoms with Crippen molar-refractivity contribution >= 4 is 28.0 Å². The van der Waals surface area contributed by atoms with Gasteiger partial charge in [0.15, 0.2) is 0 Å². The zero-order valence-corrected chi connectivity index (χ0v) is 8.05. The van der Waals surface area contributed by atoms with Crippen molar-refractivity contribution in [1.82, 2.24) is 0 Å². The standard InChI is InChI=1S/C9H6BrFO2/c10-8-3-2-7(11)5-6(8)1-4-9(12)13/h1-5H,(H,12,13)/p-1/b4-1+. The molecule has 0 bridgehead atoms. The molecule has 4 heteroatoms. The quantitative estimate of drug-likeness (QED) is 0.736. The number of carboxylic acid groups (broad SMARTS) is 1. The molecule has 68 valence electrons. The van der Waals surface area contributed by atoms with Gasteiger partial charge >= 0.3 is 0 Å². The molecule has 0 aromatic heterocycles. The molecule has 2 nitrogen and oxygen atoms in total. The Kier molecular flexibility index (Phi) is 3.19. The van der Waals surface area contributed by atoms with E-state index < -0.39 is 11.8 Å². The van der Waals surface area contributed by atoms with Gasteiger partial charge in [0.2, 0.25) is 0 Å². The summed E-state index contributed by atoms with van der Waals surface area (Å²) in [6.07, 6.45) is 2.11. The summed E-state index contributed by atoms with van der Waals surface area (Å²) < 4.78 is 13.3. The summed E-state index contributed by atoms with van der Waals surface area (Å²) in [6.45, 7) is 0. The third-order valence-corrected chi connectivity index (χ3v) is 2.08. The predicted octanol–water partition coefficient (Wildman–Crippen LogP) is 1.35. The fraction of sp³-hybridized carbons (Fsp3) is 0. The van der Waals surface area contributed by atoms with E-state index in [-0.39, 0.29) is 0 Å². The van der Waals surface area contributed by atoms with Crippen LogP contribution < -0.4 is 5.11 Å². The minimum Gasteiger partial charge on any atom is -0.545 e. The highest BCUT2D eigenvalue weighted by atomic mass is 79.9. The van der Waals surface area contributed by atoms with E-state index in [9.17, 15) is 14.3 Å². The van der Waals surface area contributed by atoms with Crippen LogP contribution in [-0.2, 0) is 4.79 Å². The van der Waals surface area contributed by atoms with Crippen molar-refractivity contribution in [2.75, 3.05) is 0 Å². The van der Waals surface area contributed by atoms with Gasteiger partial charge in [-0.1, -0.05) is 22.0 Å². The Morgan fingerprint density at radius 2 is 2.23 bits per heavy atom. The number of carboxylic acids is 1. The molecule has 0 aliphatic rings. The van der Waals surface area contributed by atoms with E-state index in [4.69, 9.17) is 0 Å². The van der Waals surface area contributed by atoms with E-state index in [1.165, 1.54) is 24.3 Å². The molecule has 0 aliphatic carbocycles. The average Bonchev–Trinajstić information content (AvgIpc) is 2.06. The van der Waals surface area contributed by atoms with E-state index in [1.807, 2.05) is 0 Å². The number of carbonyl (C=O) groups is 1. The number of hydrogen-bond acceptors (Lipinski definition) is 2. The van der Waals surface area contributed by atoms with Crippen LogP contribution in [-0.4, -0.2) is 5.97 Å². The summed E-state index contributed by atoms with van der Waals surface area (Å²) in [5.74, 6) is -1.72. The van der Waals surface area contributed by atoms with Gasteiger partial charge in [-0.15, -0.1) is 0 Å². The summed E-state index contributed by atoms with van der Waals surface area (Å²) in [5.41, 5.74) is 0.462. The number of hydrogen-bond donors (Lipinski definition) is 0. The molecule has 0 spiro atoms. The van der Waals surface area contributed by atoms with Crippen LogP contribution in [0.5, 0.6) is 0 Å². The molecule has 1 aromatic carbocycles. The maximum Gasteiger partial charge on any atom is 0.123 e. The summed E-state index contributed by atoms with van der Waals surface area (Å²) in [6, 6.07) is 4.01. The number of rotatable bonds is 2. The van der Waals surface area contributed by atoms with Gasteiger partial charge in [-0.3, -0.25) is 0 Å². The lowest BCUT2D eigenvalue weighted by atomic mass is 10.2. The normalized spacial score (nSPS) is 10.6. The van der Waals surface area contributed by atoms with Crippen LogP contribution in [0.15, 0.2) is 28.7 Å².